The molecule has 0 saturated heterocycles. The fraction of sp³-hybridized carbons (Fsp3) is 0.0769. The van der Waals surface area contributed by atoms with Crippen LogP contribution in [-0.2, 0) is 6.54 Å². The van der Waals surface area contributed by atoms with Crippen LogP contribution in [0.1, 0.15) is 16.1 Å². The van der Waals surface area contributed by atoms with Gasteiger partial charge < -0.3 is 5.32 Å². The lowest BCUT2D eigenvalue weighted by Crippen LogP contribution is -2.22. The van der Waals surface area contributed by atoms with Crippen molar-refractivity contribution in [2.75, 3.05) is 0 Å². The van der Waals surface area contributed by atoms with Gasteiger partial charge in [-0.3, -0.25) is 19.3 Å². The molecule has 106 valence electrons. The summed E-state index contributed by atoms with van der Waals surface area (Å²) in [5.41, 5.74) is 1.10. The predicted octanol–water partition coefficient (Wildman–Crippen LogP) is 2.23. The molecule has 0 bridgehead atoms. The number of nitro benzene ring substituents is 1. The molecule has 0 radical (unpaired) electrons. The number of fused-ring (bicyclic) bond motifs is 1. The van der Waals surface area contributed by atoms with Crippen LogP contribution >= 0.6 is 11.3 Å². The zero-order chi connectivity index (χ0) is 14.8. The summed E-state index contributed by atoms with van der Waals surface area (Å²) in [4.78, 5) is 27.2. The molecular formula is C13H10N4O3S. The van der Waals surface area contributed by atoms with Crippen LogP contribution in [0.15, 0.2) is 42.0 Å². The molecule has 7 nitrogen and oxygen atoms in total. The Bertz CT molecular complexity index is 778. The third-order valence-electron chi connectivity index (χ3n) is 2.91. The molecule has 0 saturated carbocycles. The van der Waals surface area contributed by atoms with Crippen molar-refractivity contribution in [3.63, 3.8) is 0 Å². The van der Waals surface area contributed by atoms with Crippen LogP contribution in [0, 0.1) is 10.1 Å². The summed E-state index contributed by atoms with van der Waals surface area (Å²) in [6, 6.07) is 5.47. The van der Waals surface area contributed by atoms with E-state index < -0.39 is 4.92 Å². The standard InChI is InChI=1S/C13H10N4O3S/c18-12(9-1-3-11(4-2-9)17(19)20)14-7-10-8-16-5-6-21-13(16)15-10/h1-6,8H,7H2,(H,14,18). The van der Waals surface area contributed by atoms with Gasteiger partial charge in [0.25, 0.3) is 11.6 Å². The second kappa shape index (κ2) is 5.33. The first-order valence-electron chi connectivity index (χ1n) is 6.07. The lowest BCUT2D eigenvalue weighted by Gasteiger charge is -2.02. The van der Waals surface area contributed by atoms with Crippen molar-refractivity contribution in [1.29, 1.82) is 0 Å². The van der Waals surface area contributed by atoms with Gasteiger partial charge in [-0.15, -0.1) is 11.3 Å². The fourth-order valence-corrected chi connectivity index (χ4v) is 2.59. The Labute approximate surface area is 123 Å². The topological polar surface area (TPSA) is 89.5 Å². The van der Waals surface area contributed by atoms with Crippen LogP contribution in [-0.4, -0.2) is 20.2 Å². The molecule has 0 unspecified atom stereocenters. The fourth-order valence-electron chi connectivity index (χ4n) is 1.87. The maximum Gasteiger partial charge on any atom is 0.269 e. The average Bonchev–Trinajstić information content (AvgIpc) is 3.06. The van der Waals surface area contributed by atoms with Crippen molar-refractivity contribution in [3.05, 3.63) is 63.4 Å². The van der Waals surface area contributed by atoms with E-state index in [9.17, 15) is 14.9 Å². The molecule has 3 aromatic rings. The summed E-state index contributed by atoms with van der Waals surface area (Å²) >= 11 is 1.52. The minimum atomic E-state index is -0.500. The van der Waals surface area contributed by atoms with Gasteiger partial charge >= 0.3 is 0 Å². The summed E-state index contributed by atoms with van der Waals surface area (Å²) in [5.74, 6) is -0.291. The average molecular weight is 302 g/mol. The van der Waals surface area contributed by atoms with Gasteiger partial charge in [0.05, 0.1) is 17.2 Å². The molecule has 1 amide bonds. The van der Waals surface area contributed by atoms with E-state index in [4.69, 9.17) is 0 Å². The molecule has 0 aliphatic rings. The summed E-state index contributed by atoms with van der Waals surface area (Å²) in [6.45, 7) is 0.310. The number of carbonyl (C=O) groups excluding carboxylic acids is 1. The molecule has 0 aliphatic heterocycles. The molecule has 2 heterocycles. The predicted molar refractivity (Wildman–Crippen MR) is 77.3 cm³/mol. The lowest BCUT2D eigenvalue weighted by molar-refractivity contribution is -0.384. The van der Waals surface area contributed by atoms with Crippen LogP contribution in [0.25, 0.3) is 4.96 Å². The van der Waals surface area contributed by atoms with Gasteiger partial charge in [0, 0.05) is 35.5 Å². The van der Waals surface area contributed by atoms with Crippen molar-refractivity contribution in [2.45, 2.75) is 6.54 Å². The monoisotopic (exact) mass is 302 g/mol. The highest BCUT2D eigenvalue weighted by molar-refractivity contribution is 7.15. The van der Waals surface area contributed by atoms with Crippen LogP contribution in [0.4, 0.5) is 5.69 Å². The number of hydrogen-bond donors (Lipinski definition) is 1. The first-order valence-corrected chi connectivity index (χ1v) is 6.95. The first-order chi connectivity index (χ1) is 10.1. The quantitative estimate of drug-likeness (QED) is 0.591. The molecule has 0 spiro atoms. The van der Waals surface area contributed by atoms with Crippen molar-refractivity contribution in [2.24, 2.45) is 0 Å². The Balaban J connectivity index is 1.65. The van der Waals surface area contributed by atoms with E-state index in [1.807, 2.05) is 22.2 Å². The SMILES string of the molecule is O=C(NCc1cn2ccsc2n1)c1ccc([N+](=O)[O-])cc1. The molecule has 1 N–H and O–H groups in total. The van der Waals surface area contributed by atoms with Gasteiger partial charge in [-0.05, 0) is 12.1 Å². The Hall–Kier alpha value is -2.74. The Kier molecular flexibility index (Phi) is 3.36. The van der Waals surface area contributed by atoms with Gasteiger partial charge in [0.2, 0.25) is 0 Å². The number of aromatic nitrogens is 2. The third-order valence-corrected chi connectivity index (χ3v) is 3.68. The number of nitrogens with zero attached hydrogens (tertiary/aromatic N) is 3. The van der Waals surface area contributed by atoms with Gasteiger partial charge in [0.15, 0.2) is 4.96 Å². The number of non-ortho nitro benzene ring substituents is 1. The maximum absolute atomic E-state index is 11.9. The van der Waals surface area contributed by atoms with Crippen molar-refractivity contribution in [3.8, 4) is 0 Å². The molecule has 0 fully saturated rings. The van der Waals surface area contributed by atoms with E-state index in [2.05, 4.69) is 10.3 Å². The summed E-state index contributed by atoms with van der Waals surface area (Å²) in [6.07, 6.45) is 3.75. The number of thiazole rings is 1. The van der Waals surface area contributed by atoms with E-state index in [0.29, 0.717) is 12.1 Å². The molecule has 0 atom stereocenters. The second-order valence-corrected chi connectivity index (χ2v) is 5.18. The normalized spacial score (nSPS) is 10.7. The number of nitro groups is 1. The van der Waals surface area contributed by atoms with Gasteiger partial charge in [-0.1, -0.05) is 0 Å². The van der Waals surface area contributed by atoms with E-state index in [0.717, 1.165) is 10.7 Å². The molecule has 8 heteroatoms. The van der Waals surface area contributed by atoms with Crippen LogP contribution < -0.4 is 5.32 Å². The molecule has 3 rings (SSSR count). The number of carbonyl (C=O) groups is 1. The smallest absolute Gasteiger partial charge is 0.269 e. The number of imidazole rings is 1. The van der Waals surface area contributed by atoms with Crippen LogP contribution in [0.2, 0.25) is 0 Å². The first kappa shape index (κ1) is 13.3. The minimum Gasteiger partial charge on any atom is -0.346 e. The molecule has 1 aromatic carbocycles. The van der Waals surface area contributed by atoms with Crippen molar-refractivity contribution in [1.82, 2.24) is 14.7 Å². The van der Waals surface area contributed by atoms with E-state index in [1.165, 1.54) is 35.6 Å². The zero-order valence-corrected chi connectivity index (χ0v) is 11.5. The summed E-state index contributed by atoms with van der Waals surface area (Å²) in [5, 5.41) is 15.2. The maximum atomic E-state index is 11.9. The highest BCUT2D eigenvalue weighted by Crippen LogP contribution is 2.13. The number of rotatable bonds is 4. The van der Waals surface area contributed by atoms with Gasteiger partial charge in [0.1, 0.15) is 0 Å². The Morgan fingerprint density at radius 1 is 1.38 bits per heavy atom. The van der Waals surface area contributed by atoms with Crippen molar-refractivity contribution < 1.29 is 9.72 Å². The minimum absolute atomic E-state index is 0.0408. The second-order valence-electron chi connectivity index (χ2n) is 4.31. The molecular weight excluding hydrogens is 292 g/mol. The van der Waals surface area contributed by atoms with E-state index in [-0.39, 0.29) is 11.6 Å². The van der Waals surface area contributed by atoms with E-state index >= 15 is 0 Å². The molecule has 0 aliphatic carbocycles. The largest absolute Gasteiger partial charge is 0.346 e. The number of nitrogens with one attached hydrogen (secondary N) is 1. The molecule has 21 heavy (non-hydrogen) atoms. The lowest BCUT2D eigenvalue weighted by atomic mass is 10.2. The van der Waals surface area contributed by atoms with Gasteiger partial charge in [-0.25, -0.2) is 4.98 Å². The highest BCUT2D eigenvalue weighted by atomic mass is 32.1. The van der Waals surface area contributed by atoms with Crippen molar-refractivity contribution >= 4 is 27.9 Å². The van der Waals surface area contributed by atoms with Crippen LogP contribution in [0.5, 0.6) is 0 Å². The highest BCUT2D eigenvalue weighted by Gasteiger charge is 2.10. The third kappa shape index (κ3) is 2.75. The van der Waals surface area contributed by atoms with Crippen LogP contribution in [0.3, 0.4) is 0 Å². The zero-order valence-electron chi connectivity index (χ0n) is 10.7. The number of hydrogen-bond acceptors (Lipinski definition) is 5. The Morgan fingerprint density at radius 2 is 2.14 bits per heavy atom. The summed E-state index contributed by atoms with van der Waals surface area (Å²) in [7, 11) is 0. The number of benzene rings is 1. The number of amides is 1. The van der Waals surface area contributed by atoms with E-state index in [1.54, 1.807) is 0 Å². The van der Waals surface area contributed by atoms with Gasteiger partial charge in [-0.2, -0.15) is 0 Å². The molecule has 2 aromatic heterocycles. The Morgan fingerprint density at radius 3 is 2.81 bits per heavy atom. The summed E-state index contributed by atoms with van der Waals surface area (Å²) < 4.78 is 1.89.